The third-order valence-corrected chi connectivity index (χ3v) is 18.5. The topological polar surface area (TPSA) is 8.17 Å². The fraction of sp³-hybridized carbons (Fsp3) is 0.146. The molecule has 0 saturated carbocycles. The molecule has 0 saturated heterocycles. The van der Waals surface area contributed by atoms with Crippen molar-refractivity contribution in [3.63, 3.8) is 0 Å². The van der Waals surface area contributed by atoms with Crippen molar-refractivity contribution >= 4 is 51.0 Å². The summed E-state index contributed by atoms with van der Waals surface area (Å²) in [5.74, 6) is 0. The van der Waals surface area contributed by atoms with Crippen LogP contribution in [0.15, 0.2) is 262 Å². The second kappa shape index (κ2) is 19.9. The van der Waals surface area contributed by atoms with E-state index in [0.717, 1.165) is 40.3 Å². The SMILES string of the molecule is C=Cc1ccc(-n2c3ccccc3c3cc(-c4ccc5c(c4)C(C)(C)c4cc(N(c6ccc(-c7ccc(C(C)(C)CC(C)(C)C)cc7)cc6)c6ccc7c(c6)C(c6ccccc6)(c6ccc(C=C)cc6)c6ccccc6-7)ccc4-5)ccc32)cc1. The van der Waals surface area contributed by atoms with Gasteiger partial charge in [-0.15, -0.1) is 0 Å². The fourth-order valence-electron chi connectivity index (χ4n) is 14.8. The quantitative estimate of drug-likeness (QED) is 0.118. The van der Waals surface area contributed by atoms with Gasteiger partial charge in [0.25, 0.3) is 0 Å². The van der Waals surface area contributed by atoms with Gasteiger partial charge in [-0.25, -0.2) is 0 Å². The minimum absolute atomic E-state index is 0.0677. The summed E-state index contributed by atoms with van der Waals surface area (Å²) in [6.45, 7) is 24.7. The molecular formula is C82H70N2. The van der Waals surface area contributed by atoms with E-state index in [9.17, 15) is 0 Å². The van der Waals surface area contributed by atoms with Crippen molar-refractivity contribution in [1.82, 2.24) is 4.57 Å². The summed E-state index contributed by atoms with van der Waals surface area (Å²) in [5.41, 5.74) is 27.4. The van der Waals surface area contributed by atoms with Crippen LogP contribution in [0.3, 0.4) is 0 Å². The molecule has 0 spiro atoms. The van der Waals surface area contributed by atoms with Crippen LogP contribution in [0.2, 0.25) is 0 Å². The molecule has 0 fully saturated rings. The third kappa shape index (κ3) is 8.53. The molecule has 1 heterocycles. The summed E-state index contributed by atoms with van der Waals surface area (Å²) >= 11 is 0. The summed E-state index contributed by atoms with van der Waals surface area (Å²) in [7, 11) is 0. The average molecular weight is 1080 g/mol. The molecule has 84 heavy (non-hydrogen) atoms. The van der Waals surface area contributed by atoms with Crippen LogP contribution in [0.5, 0.6) is 0 Å². The van der Waals surface area contributed by atoms with Crippen molar-refractivity contribution in [3.05, 3.63) is 312 Å². The Hall–Kier alpha value is -9.50. The van der Waals surface area contributed by atoms with E-state index in [1.165, 1.54) is 105 Å². The molecule has 2 heteroatoms. The number of anilines is 3. The molecule has 1 aromatic heterocycles. The highest BCUT2D eigenvalue weighted by Gasteiger charge is 2.46. The lowest BCUT2D eigenvalue weighted by molar-refractivity contribution is 0.284. The first-order valence-corrected chi connectivity index (χ1v) is 29.7. The molecule has 2 nitrogen and oxygen atoms in total. The second-order valence-corrected chi connectivity index (χ2v) is 25.8. The van der Waals surface area contributed by atoms with Crippen molar-refractivity contribution < 1.29 is 0 Å². The van der Waals surface area contributed by atoms with Crippen LogP contribution >= 0.6 is 0 Å². The molecule has 12 aromatic rings. The number of para-hydroxylation sites is 1. The lowest BCUT2D eigenvalue weighted by atomic mass is 9.67. The minimum atomic E-state index is -0.579. The van der Waals surface area contributed by atoms with Gasteiger partial charge in [0.2, 0.25) is 0 Å². The van der Waals surface area contributed by atoms with Gasteiger partial charge in [0.1, 0.15) is 0 Å². The van der Waals surface area contributed by atoms with Gasteiger partial charge in [-0.2, -0.15) is 0 Å². The van der Waals surface area contributed by atoms with E-state index < -0.39 is 5.41 Å². The predicted molar refractivity (Wildman–Crippen MR) is 358 cm³/mol. The van der Waals surface area contributed by atoms with E-state index >= 15 is 0 Å². The number of hydrogen-bond acceptors (Lipinski definition) is 1. The Morgan fingerprint density at radius 3 is 1.56 bits per heavy atom. The maximum atomic E-state index is 4.12. The third-order valence-electron chi connectivity index (χ3n) is 18.5. The van der Waals surface area contributed by atoms with Gasteiger partial charge in [0.15, 0.2) is 0 Å². The molecule has 408 valence electrons. The van der Waals surface area contributed by atoms with Gasteiger partial charge in [-0.05, 0) is 185 Å². The maximum absolute atomic E-state index is 4.12. The van der Waals surface area contributed by atoms with Gasteiger partial charge in [0.05, 0.1) is 16.4 Å². The average Bonchev–Trinajstić information content (AvgIpc) is 2.20. The molecule has 0 bridgehead atoms. The molecule has 0 amide bonds. The number of hydrogen-bond donors (Lipinski definition) is 0. The van der Waals surface area contributed by atoms with Crippen LogP contribution in [-0.4, -0.2) is 4.57 Å². The van der Waals surface area contributed by atoms with E-state index in [0.29, 0.717) is 0 Å². The number of fused-ring (bicyclic) bond motifs is 9. The zero-order valence-corrected chi connectivity index (χ0v) is 49.3. The number of benzene rings is 11. The van der Waals surface area contributed by atoms with Crippen molar-refractivity contribution in [2.24, 2.45) is 5.41 Å². The van der Waals surface area contributed by atoms with Crippen LogP contribution < -0.4 is 4.90 Å². The van der Waals surface area contributed by atoms with Crippen molar-refractivity contribution in [2.75, 3.05) is 4.90 Å². The van der Waals surface area contributed by atoms with Crippen LogP contribution in [0, 0.1) is 5.41 Å². The van der Waals surface area contributed by atoms with E-state index in [-0.39, 0.29) is 16.2 Å². The molecule has 0 aliphatic heterocycles. The molecule has 2 aliphatic rings. The number of aromatic nitrogens is 1. The Morgan fingerprint density at radius 1 is 0.405 bits per heavy atom. The Bertz CT molecular complexity index is 4540. The molecule has 1 unspecified atom stereocenters. The smallest absolute Gasteiger partial charge is 0.0714 e. The number of rotatable bonds is 12. The zero-order chi connectivity index (χ0) is 57.7. The molecule has 14 rings (SSSR count). The van der Waals surface area contributed by atoms with Crippen LogP contribution in [0.4, 0.5) is 17.1 Å². The van der Waals surface area contributed by atoms with Gasteiger partial charge >= 0.3 is 0 Å². The Balaban J connectivity index is 0.891. The largest absolute Gasteiger partial charge is 0.310 e. The first-order valence-electron chi connectivity index (χ1n) is 29.7. The predicted octanol–water partition coefficient (Wildman–Crippen LogP) is 22.3. The van der Waals surface area contributed by atoms with E-state index in [1.54, 1.807) is 0 Å². The van der Waals surface area contributed by atoms with Gasteiger partial charge in [0, 0.05) is 38.9 Å². The highest BCUT2D eigenvalue weighted by Crippen LogP contribution is 2.58. The standard InChI is InChI=1S/C82H70N2/c1-10-54-25-35-62(36-26-54)82(61-19-13-12-14-20-61)73-23-17-15-21-67(73)70-47-44-66(52-76(70)82)83(63-41-31-57(32-42-63)56-29-37-60(38-30-56)80(6,7)53-79(3,4)5)65-43-46-69-68-45-33-59(50-74(68)81(8,9)75(69)51-65)58-34-48-78-72(49-58)71-22-16-18-24-77(71)84(78)64-39-27-55(11-2)28-40-64/h10-52H,1-2,53H2,3-9H3. The summed E-state index contributed by atoms with van der Waals surface area (Å²) < 4.78 is 2.39. The van der Waals surface area contributed by atoms with E-state index in [1.807, 2.05) is 12.2 Å². The first-order chi connectivity index (χ1) is 40.6. The zero-order valence-electron chi connectivity index (χ0n) is 49.3. The Morgan fingerprint density at radius 2 is 0.893 bits per heavy atom. The summed E-state index contributed by atoms with van der Waals surface area (Å²) in [5, 5.41) is 2.49. The molecular weight excluding hydrogens is 1010 g/mol. The first kappa shape index (κ1) is 52.6. The van der Waals surface area contributed by atoms with Crippen molar-refractivity contribution in [1.29, 1.82) is 0 Å². The number of nitrogens with zero attached hydrogens (tertiary/aromatic N) is 2. The van der Waals surface area contributed by atoms with Crippen LogP contribution in [-0.2, 0) is 16.2 Å². The van der Waals surface area contributed by atoms with Crippen LogP contribution in [0.25, 0.3) is 84.2 Å². The van der Waals surface area contributed by atoms with Crippen LogP contribution in [0.1, 0.15) is 105 Å². The molecule has 1 atom stereocenters. The summed E-state index contributed by atoms with van der Waals surface area (Å²) in [6, 6.07) is 93.7. The Labute approximate surface area is 496 Å². The van der Waals surface area contributed by atoms with Crippen molar-refractivity contribution in [2.45, 2.75) is 71.1 Å². The Kier molecular flexibility index (Phi) is 12.4. The lowest BCUT2D eigenvalue weighted by Crippen LogP contribution is -2.28. The maximum Gasteiger partial charge on any atom is 0.0714 e. The monoisotopic (exact) mass is 1080 g/mol. The molecule has 11 aromatic carbocycles. The summed E-state index contributed by atoms with van der Waals surface area (Å²) in [4.78, 5) is 2.49. The van der Waals surface area contributed by atoms with E-state index in [4.69, 9.17) is 0 Å². The van der Waals surface area contributed by atoms with Gasteiger partial charge in [-0.1, -0.05) is 250 Å². The van der Waals surface area contributed by atoms with E-state index in [2.05, 4.69) is 320 Å². The highest BCUT2D eigenvalue weighted by molar-refractivity contribution is 6.10. The minimum Gasteiger partial charge on any atom is -0.310 e. The molecule has 2 aliphatic carbocycles. The highest BCUT2D eigenvalue weighted by atomic mass is 15.1. The normalized spacial score (nSPS) is 14.9. The van der Waals surface area contributed by atoms with Gasteiger partial charge < -0.3 is 9.47 Å². The fourth-order valence-corrected chi connectivity index (χ4v) is 14.8. The lowest BCUT2D eigenvalue weighted by Gasteiger charge is -2.35. The van der Waals surface area contributed by atoms with Crippen molar-refractivity contribution in [3.8, 4) is 50.2 Å². The summed E-state index contributed by atoms with van der Waals surface area (Å²) in [6.07, 6.45) is 4.94. The second-order valence-electron chi connectivity index (χ2n) is 25.8. The molecule has 0 N–H and O–H groups in total. The van der Waals surface area contributed by atoms with Gasteiger partial charge in [-0.3, -0.25) is 0 Å². The molecule has 0 radical (unpaired) electrons.